The molecule has 2 aromatic rings. The number of halogens is 1. The third kappa shape index (κ3) is 9.67. The van der Waals surface area contributed by atoms with Crippen molar-refractivity contribution in [1.29, 1.82) is 0 Å². The Hall–Kier alpha value is -2.94. The zero-order valence-electron chi connectivity index (χ0n) is 33.1. The molecule has 0 aromatic heterocycles. The maximum absolute atomic E-state index is 13.6. The van der Waals surface area contributed by atoms with Crippen LogP contribution in [0.3, 0.4) is 0 Å². The molecule has 1 aliphatic carbocycles. The largest absolute Gasteiger partial charge is 0.487 e. The molecule has 0 spiro atoms. The summed E-state index contributed by atoms with van der Waals surface area (Å²) in [6.07, 6.45) is 6.23. The maximum Gasteiger partial charge on any atom is 0.264 e. The summed E-state index contributed by atoms with van der Waals surface area (Å²) in [5.41, 5.74) is 2.16. The Morgan fingerprint density at radius 3 is 2.50 bits per heavy atom. The van der Waals surface area contributed by atoms with Crippen molar-refractivity contribution in [2.24, 2.45) is 17.8 Å². The smallest absolute Gasteiger partial charge is 0.264 e. The lowest BCUT2D eigenvalue weighted by molar-refractivity contribution is -0.142. The number of hydrogen-bond acceptors (Lipinski definition) is 10. The molecule has 56 heavy (non-hydrogen) atoms. The number of piperazine rings is 1. The van der Waals surface area contributed by atoms with Crippen molar-refractivity contribution in [2.45, 2.75) is 82.7 Å². The first-order valence-electron chi connectivity index (χ1n) is 20.8. The molecule has 2 aromatic carbocycles. The van der Waals surface area contributed by atoms with Crippen molar-refractivity contribution in [3.63, 3.8) is 0 Å². The second-order valence-corrected chi connectivity index (χ2v) is 19.4. The molecule has 4 heterocycles. The lowest BCUT2D eigenvalue weighted by Gasteiger charge is -2.51. The quantitative estimate of drug-likeness (QED) is 0.443. The van der Waals surface area contributed by atoms with Crippen LogP contribution in [0.15, 0.2) is 36.4 Å². The lowest BCUT2D eigenvalue weighted by atomic mass is 9.62. The minimum atomic E-state index is -4.00. The number of ether oxygens (including phenoxy) is 2. The molecular weight excluding hydrogens is 754 g/mol. The number of amides is 2. The first-order chi connectivity index (χ1) is 26.9. The molecule has 2 N–H and O–H groups in total. The lowest BCUT2D eigenvalue weighted by Crippen LogP contribution is -2.60. The highest BCUT2D eigenvalue weighted by atomic mass is 35.5. The highest BCUT2D eigenvalue weighted by Gasteiger charge is 2.48. The van der Waals surface area contributed by atoms with Gasteiger partial charge in [0.05, 0.1) is 36.3 Å². The molecule has 12 nitrogen and oxygen atoms in total. The Kier molecular flexibility index (Phi) is 13.2. The van der Waals surface area contributed by atoms with Crippen LogP contribution in [0.1, 0.15) is 80.3 Å². The molecule has 4 aliphatic heterocycles. The van der Waals surface area contributed by atoms with E-state index in [1.165, 1.54) is 0 Å². The van der Waals surface area contributed by atoms with Crippen molar-refractivity contribution in [3.05, 3.63) is 58.1 Å². The van der Waals surface area contributed by atoms with E-state index in [4.69, 9.17) is 21.1 Å². The van der Waals surface area contributed by atoms with E-state index in [1.54, 1.807) is 25.1 Å². The number of aryl methyl sites for hydroxylation is 1. The molecule has 0 radical (unpaired) electrons. The Bertz CT molecular complexity index is 1830. The van der Waals surface area contributed by atoms with Gasteiger partial charge >= 0.3 is 0 Å². The van der Waals surface area contributed by atoms with Crippen LogP contribution in [-0.4, -0.2) is 130 Å². The minimum Gasteiger partial charge on any atom is -0.487 e. The van der Waals surface area contributed by atoms with E-state index in [-0.39, 0.29) is 35.8 Å². The van der Waals surface area contributed by atoms with E-state index < -0.39 is 26.8 Å². The zero-order chi connectivity index (χ0) is 39.5. The fraction of sp³-hybridized carbons (Fsp3) is 0.667. The molecule has 1 unspecified atom stereocenters. The van der Waals surface area contributed by atoms with Crippen LogP contribution in [0.25, 0.3) is 0 Å². The zero-order valence-corrected chi connectivity index (χ0v) is 34.7. The fourth-order valence-electron chi connectivity index (χ4n) is 9.39. The molecule has 5 atom stereocenters. The van der Waals surface area contributed by atoms with Gasteiger partial charge in [-0.1, -0.05) is 31.0 Å². The Morgan fingerprint density at radius 2 is 1.73 bits per heavy atom. The second kappa shape index (κ2) is 17.9. The molecule has 1 saturated carbocycles. The predicted octanol–water partition coefficient (Wildman–Crippen LogP) is 4.56. The number of rotatable bonds is 5. The Labute approximate surface area is 337 Å². The fourth-order valence-corrected chi connectivity index (χ4v) is 10.9. The summed E-state index contributed by atoms with van der Waals surface area (Å²) >= 11 is 6.39. The van der Waals surface area contributed by atoms with Gasteiger partial charge in [0.2, 0.25) is 15.9 Å². The van der Waals surface area contributed by atoms with Gasteiger partial charge < -0.3 is 24.4 Å². The standard InChI is InChI=1S/C42H60ClN5O7S/c1-30-6-5-14-42(51,29-46-17-19-47(40(49)27-46)18-16-45-20-22-54-23-21-45)37-12-9-34(37)26-48-15-4-3-7-32-24-36(43)11-8-35(32)28-55-39-13-10-33(25-38(39)48)41(50)44-56(52,53)31(30)2/h8,10-11,13,24-25,30-31,34,37,51H,3-7,9,12,14-23,26-29H2,1-2H3,(H,44,50)/t30?,31-,34+,37-,42-/m1/s1. The number of anilines is 1. The number of nitrogens with zero attached hydrogens (tertiary/aromatic N) is 4. The predicted molar refractivity (Wildman–Crippen MR) is 218 cm³/mol. The number of carbonyl (C=O) groups is 2. The van der Waals surface area contributed by atoms with Crippen LogP contribution in [-0.2, 0) is 32.6 Å². The molecule has 5 aliphatic rings. The van der Waals surface area contributed by atoms with Crippen LogP contribution in [0.5, 0.6) is 5.75 Å². The topological polar surface area (TPSA) is 132 Å². The van der Waals surface area contributed by atoms with E-state index in [2.05, 4.69) is 19.4 Å². The number of benzene rings is 2. The summed E-state index contributed by atoms with van der Waals surface area (Å²) < 4.78 is 41.5. The molecular formula is C42H60ClN5O7S. The number of nitrogens with one attached hydrogen (secondary N) is 1. The SMILES string of the molecule is CC1CCC[C@@](O)(CN2CCN(CCN3CCOCC3)C(=O)C2)[C@@H]2CC[C@H]2CN2CCCCc3cc(Cl)ccc3COc3ccc(cc32)C(=O)NS(=O)(=O)[C@@H]1C. The summed E-state index contributed by atoms with van der Waals surface area (Å²) in [4.78, 5) is 35.8. The van der Waals surface area contributed by atoms with Crippen LogP contribution in [0, 0.1) is 17.8 Å². The first-order valence-corrected chi connectivity index (χ1v) is 22.7. The minimum absolute atomic E-state index is 0.00162. The number of morpholine rings is 1. The van der Waals surface area contributed by atoms with Crippen LogP contribution >= 0.6 is 11.6 Å². The molecule has 7 rings (SSSR count). The average molecular weight is 814 g/mol. The molecule has 2 saturated heterocycles. The number of β-amino-alcohol motifs (C(OH)–C–C–N with tert-alkyl or cyclic N) is 1. The Morgan fingerprint density at radius 1 is 0.911 bits per heavy atom. The van der Waals surface area contributed by atoms with Gasteiger partial charge in [-0.15, -0.1) is 0 Å². The van der Waals surface area contributed by atoms with Gasteiger partial charge in [0.1, 0.15) is 12.4 Å². The van der Waals surface area contributed by atoms with Gasteiger partial charge in [0, 0.05) is 69.5 Å². The van der Waals surface area contributed by atoms with Crippen molar-refractivity contribution < 1.29 is 32.6 Å². The summed E-state index contributed by atoms with van der Waals surface area (Å²) in [5, 5.41) is 12.7. The van der Waals surface area contributed by atoms with Gasteiger partial charge in [-0.3, -0.25) is 19.4 Å². The summed E-state index contributed by atoms with van der Waals surface area (Å²) in [6.45, 7) is 12.0. The third-order valence-corrected chi connectivity index (χ3v) is 15.4. The molecule has 2 bridgehead atoms. The highest BCUT2D eigenvalue weighted by molar-refractivity contribution is 7.90. The van der Waals surface area contributed by atoms with E-state index in [0.717, 1.165) is 81.8 Å². The van der Waals surface area contributed by atoms with Crippen molar-refractivity contribution in [3.8, 4) is 5.75 Å². The second-order valence-electron chi connectivity index (χ2n) is 16.9. The maximum atomic E-state index is 13.6. The summed E-state index contributed by atoms with van der Waals surface area (Å²) in [7, 11) is -4.00. The molecule has 3 fully saturated rings. The number of fused-ring (bicyclic) bond motifs is 3. The highest BCUT2D eigenvalue weighted by Crippen LogP contribution is 2.46. The van der Waals surface area contributed by atoms with E-state index in [1.807, 2.05) is 30.0 Å². The van der Waals surface area contributed by atoms with Crippen molar-refractivity contribution in [2.75, 3.05) is 83.6 Å². The normalized spacial score (nSPS) is 29.9. The van der Waals surface area contributed by atoms with Crippen LogP contribution < -0.4 is 14.4 Å². The summed E-state index contributed by atoms with van der Waals surface area (Å²) in [5.74, 6) is -0.00325. The molecule has 2 amide bonds. The number of aliphatic hydroxyl groups is 1. The number of carbonyl (C=O) groups excluding carboxylic acids is 2. The third-order valence-electron chi connectivity index (χ3n) is 13.3. The summed E-state index contributed by atoms with van der Waals surface area (Å²) in [6, 6.07) is 11.1. The van der Waals surface area contributed by atoms with Crippen molar-refractivity contribution >= 4 is 39.1 Å². The van der Waals surface area contributed by atoms with Crippen LogP contribution in [0.2, 0.25) is 5.02 Å². The van der Waals surface area contributed by atoms with Crippen LogP contribution in [0.4, 0.5) is 5.69 Å². The first kappa shape index (κ1) is 41.2. The van der Waals surface area contributed by atoms with Gasteiger partial charge in [-0.2, -0.15) is 0 Å². The van der Waals surface area contributed by atoms with E-state index in [9.17, 15) is 23.1 Å². The van der Waals surface area contributed by atoms with E-state index >= 15 is 0 Å². The van der Waals surface area contributed by atoms with Gasteiger partial charge in [-0.25, -0.2) is 13.1 Å². The number of sulfonamides is 1. The molecule has 14 heteroatoms. The van der Waals surface area contributed by atoms with Gasteiger partial charge in [0.15, 0.2) is 0 Å². The van der Waals surface area contributed by atoms with E-state index in [0.29, 0.717) is 75.9 Å². The number of hydrogen-bond donors (Lipinski definition) is 2. The van der Waals surface area contributed by atoms with Crippen molar-refractivity contribution in [1.82, 2.24) is 19.4 Å². The molecule has 308 valence electrons. The monoisotopic (exact) mass is 813 g/mol. The average Bonchev–Trinajstić information content (AvgIpc) is 3.18. The Balaban J connectivity index is 1.15. The van der Waals surface area contributed by atoms with Gasteiger partial charge in [-0.05, 0) is 111 Å². The van der Waals surface area contributed by atoms with Gasteiger partial charge in [0.25, 0.3) is 5.91 Å².